The zero-order valence-corrected chi connectivity index (χ0v) is 11.1. The molecule has 18 heavy (non-hydrogen) atoms. The molecule has 2 rings (SSSR count). The largest absolute Gasteiger partial charge is 0.377 e. The molecule has 0 bridgehead atoms. The summed E-state index contributed by atoms with van der Waals surface area (Å²) in [7, 11) is 3.94. The van der Waals surface area contributed by atoms with Crippen molar-refractivity contribution >= 4 is 11.6 Å². The Hall–Kier alpha value is -1.55. The first-order chi connectivity index (χ1) is 8.70. The third kappa shape index (κ3) is 2.82. The van der Waals surface area contributed by atoms with E-state index in [1.165, 1.54) is 0 Å². The summed E-state index contributed by atoms with van der Waals surface area (Å²) in [4.78, 5) is 16.5. The number of para-hydroxylation sites is 1. The molecule has 0 saturated carbocycles. The molecular formula is C14H21N3O. The molecule has 0 spiro atoms. The number of hydrogen-bond acceptors (Lipinski definition) is 3. The lowest BCUT2D eigenvalue weighted by atomic mass is 10.1. The summed E-state index contributed by atoms with van der Waals surface area (Å²) >= 11 is 0. The molecule has 1 fully saturated rings. The lowest BCUT2D eigenvalue weighted by Gasteiger charge is -2.23. The van der Waals surface area contributed by atoms with Crippen LogP contribution in [0.5, 0.6) is 0 Å². The minimum Gasteiger partial charge on any atom is -0.377 e. The van der Waals surface area contributed by atoms with Crippen LogP contribution in [0.4, 0.5) is 5.69 Å². The van der Waals surface area contributed by atoms with Crippen LogP contribution < -0.4 is 10.2 Å². The van der Waals surface area contributed by atoms with Gasteiger partial charge in [0, 0.05) is 39.4 Å². The normalized spacial score (nSPS) is 16.2. The maximum Gasteiger partial charge on any atom is 0.256 e. The predicted octanol–water partition coefficient (Wildman–Crippen LogP) is 1.19. The van der Waals surface area contributed by atoms with Crippen LogP contribution in [-0.4, -0.2) is 51.1 Å². The summed E-state index contributed by atoms with van der Waals surface area (Å²) in [6, 6.07) is 7.80. The average molecular weight is 247 g/mol. The molecule has 1 aliphatic rings. The van der Waals surface area contributed by atoms with Crippen LogP contribution in [0.3, 0.4) is 0 Å². The molecule has 0 aliphatic carbocycles. The van der Waals surface area contributed by atoms with Crippen molar-refractivity contribution in [3.05, 3.63) is 29.8 Å². The molecule has 1 heterocycles. The standard InChI is InChI=1S/C14H21N3O/c1-16(2)13-7-4-3-6-12(13)14(18)17-10-5-8-15-9-11-17/h3-4,6-7,15H,5,8-11H2,1-2H3. The fraction of sp³-hybridized carbons (Fsp3) is 0.500. The molecule has 1 amide bonds. The Balaban J connectivity index is 2.22. The zero-order valence-electron chi connectivity index (χ0n) is 11.1. The first kappa shape index (κ1) is 12.9. The zero-order chi connectivity index (χ0) is 13.0. The Morgan fingerprint density at radius 3 is 2.78 bits per heavy atom. The molecule has 1 aliphatic heterocycles. The fourth-order valence-electron chi connectivity index (χ4n) is 2.26. The Labute approximate surface area is 109 Å². The third-order valence-corrected chi connectivity index (χ3v) is 3.24. The van der Waals surface area contributed by atoms with Gasteiger partial charge < -0.3 is 15.1 Å². The van der Waals surface area contributed by atoms with Gasteiger partial charge in [-0.15, -0.1) is 0 Å². The van der Waals surface area contributed by atoms with Crippen molar-refractivity contribution in [2.45, 2.75) is 6.42 Å². The minimum absolute atomic E-state index is 0.142. The van der Waals surface area contributed by atoms with Gasteiger partial charge in [0.05, 0.1) is 5.56 Å². The molecule has 4 heteroatoms. The Morgan fingerprint density at radius 1 is 1.22 bits per heavy atom. The van der Waals surface area contributed by atoms with E-state index in [-0.39, 0.29) is 5.91 Å². The van der Waals surface area contributed by atoms with Crippen LogP contribution in [0.15, 0.2) is 24.3 Å². The second kappa shape index (κ2) is 5.87. The topological polar surface area (TPSA) is 35.6 Å². The SMILES string of the molecule is CN(C)c1ccccc1C(=O)N1CCCNCC1. The summed E-state index contributed by atoms with van der Waals surface area (Å²) in [5.41, 5.74) is 1.78. The summed E-state index contributed by atoms with van der Waals surface area (Å²) in [5, 5.41) is 3.32. The first-order valence-corrected chi connectivity index (χ1v) is 6.46. The van der Waals surface area contributed by atoms with Gasteiger partial charge in [-0.25, -0.2) is 0 Å². The maximum absolute atomic E-state index is 12.5. The van der Waals surface area contributed by atoms with Crippen LogP contribution >= 0.6 is 0 Å². The third-order valence-electron chi connectivity index (χ3n) is 3.24. The van der Waals surface area contributed by atoms with Crippen molar-refractivity contribution in [1.82, 2.24) is 10.2 Å². The van der Waals surface area contributed by atoms with Gasteiger partial charge in [0.25, 0.3) is 5.91 Å². The van der Waals surface area contributed by atoms with Crippen molar-refractivity contribution in [3.8, 4) is 0 Å². The van der Waals surface area contributed by atoms with Crippen molar-refractivity contribution in [3.63, 3.8) is 0 Å². The molecule has 0 aromatic heterocycles. The predicted molar refractivity (Wildman–Crippen MR) is 74.2 cm³/mol. The van der Waals surface area contributed by atoms with Crippen LogP contribution in [0.2, 0.25) is 0 Å². The lowest BCUT2D eigenvalue weighted by molar-refractivity contribution is 0.0767. The van der Waals surface area contributed by atoms with Gasteiger partial charge in [0.2, 0.25) is 0 Å². The number of nitrogens with one attached hydrogen (secondary N) is 1. The molecule has 98 valence electrons. The van der Waals surface area contributed by atoms with E-state index in [2.05, 4.69) is 5.32 Å². The summed E-state index contributed by atoms with van der Waals surface area (Å²) in [6.45, 7) is 3.52. The second-order valence-corrected chi connectivity index (χ2v) is 4.81. The van der Waals surface area contributed by atoms with Crippen LogP contribution in [-0.2, 0) is 0 Å². The van der Waals surface area contributed by atoms with E-state index in [1.807, 2.05) is 48.2 Å². The van der Waals surface area contributed by atoms with Crippen LogP contribution in [0.25, 0.3) is 0 Å². The molecule has 1 N–H and O–H groups in total. The van der Waals surface area contributed by atoms with Gasteiger partial charge in [-0.05, 0) is 25.1 Å². The monoisotopic (exact) mass is 247 g/mol. The Kier molecular flexibility index (Phi) is 4.20. The average Bonchev–Trinajstić information content (AvgIpc) is 2.66. The Morgan fingerprint density at radius 2 is 2.00 bits per heavy atom. The Bertz CT molecular complexity index is 409. The van der Waals surface area contributed by atoms with Crippen LogP contribution in [0, 0.1) is 0 Å². The smallest absolute Gasteiger partial charge is 0.256 e. The first-order valence-electron chi connectivity index (χ1n) is 6.46. The van der Waals surface area contributed by atoms with E-state index < -0.39 is 0 Å². The number of amides is 1. The second-order valence-electron chi connectivity index (χ2n) is 4.81. The van der Waals surface area contributed by atoms with Gasteiger partial charge in [-0.2, -0.15) is 0 Å². The number of carbonyl (C=O) groups is 1. The summed E-state index contributed by atoms with van der Waals surface area (Å²) in [6.07, 6.45) is 1.02. The lowest BCUT2D eigenvalue weighted by Crippen LogP contribution is -2.35. The van der Waals surface area contributed by atoms with Gasteiger partial charge in [0.15, 0.2) is 0 Å². The molecule has 0 radical (unpaired) electrons. The number of carbonyl (C=O) groups excluding carboxylic acids is 1. The molecule has 0 atom stereocenters. The summed E-state index contributed by atoms with van der Waals surface area (Å²) < 4.78 is 0. The minimum atomic E-state index is 0.142. The van der Waals surface area contributed by atoms with E-state index in [0.29, 0.717) is 0 Å². The summed E-state index contributed by atoms with van der Waals surface area (Å²) in [5.74, 6) is 0.142. The molecule has 1 aromatic rings. The number of hydrogen-bond donors (Lipinski definition) is 1. The van der Waals surface area contributed by atoms with Crippen molar-refractivity contribution in [2.24, 2.45) is 0 Å². The van der Waals surface area contributed by atoms with Crippen molar-refractivity contribution in [2.75, 3.05) is 45.2 Å². The molecule has 4 nitrogen and oxygen atoms in total. The van der Waals surface area contributed by atoms with Crippen molar-refractivity contribution in [1.29, 1.82) is 0 Å². The molecule has 1 aromatic carbocycles. The van der Waals surface area contributed by atoms with E-state index >= 15 is 0 Å². The van der Waals surface area contributed by atoms with Crippen molar-refractivity contribution < 1.29 is 4.79 Å². The number of anilines is 1. The van der Waals surface area contributed by atoms with Gasteiger partial charge in [-0.3, -0.25) is 4.79 Å². The van der Waals surface area contributed by atoms with E-state index in [9.17, 15) is 4.79 Å². The highest BCUT2D eigenvalue weighted by molar-refractivity contribution is 5.99. The van der Waals surface area contributed by atoms with Gasteiger partial charge in [0.1, 0.15) is 0 Å². The van der Waals surface area contributed by atoms with Crippen LogP contribution in [0.1, 0.15) is 16.8 Å². The highest BCUT2D eigenvalue weighted by atomic mass is 16.2. The highest BCUT2D eigenvalue weighted by Gasteiger charge is 2.19. The van der Waals surface area contributed by atoms with Gasteiger partial charge in [-0.1, -0.05) is 12.1 Å². The molecular weight excluding hydrogens is 226 g/mol. The van der Waals surface area contributed by atoms with E-state index in [0.717, 1.165) is 43.9 Å². The van der Waals surface area contributed by atoms with Gasteiger partial charge >= 0.3 is 0 Å². The molecule has 0 unspecified atom stereocenters. The van der Waals surface area contributed by atoms with E-state index in [4.69, 9.17) is 0 Å². The number of nitrogens with zero attached hydrogens (tertiary/aromatic N) is 2. The number of rotatable bonds is 2. The maximum atomic E-state index is 12.5. The molecule has 1 saturated heterocycles. The number of benzene rings is 1. The van der Waals surface area contributed by atoms with E-state index in [1.54, 1.807) is 0 Å². The highest BCUT2D eigenvalue weighted by Crippen LogP contribution is 2.20. The quantitative estimate of drug-likeness (QED) is 0.852. The fourth-order valence-corrected chi connectivity index (χ4v) is 2.26.